The molecule has 0 aliphatic rings. The molecule has 0 amide bonds. The van der Waals surface area contributed by atoms with Gasteiger partial charge in [-0.25, -0.2) is 0 Å². The van der Waals surface area contributed by atoms with E-state index in [0.717, 1.165) is 17.7 Å². The zero-order chi connectivity index (χ0) is 12.1. The number of aromatic hydroxyl groups is 1. The van der Waals surface area contributed by atoms with Crippen LogP contribution in [0.2, 0.25) is 0 Å². The van der Waals surface area contributed by atoms with E-state index in [1.54, 1.807) is 18.3 Å². The molecule has 0 radical (unpaired) electrons. The Morgan fingerprint density at radius 1 is 1.18 bits per heavy atom. The lowest BCUT2D eigenvalue weighted by molar-refractivity contribution is 0.318. The Morgan fingerprint density at radius 3 is 2.76 bits per heavy atom. The molecular weight excluding hydrogens is 214 g/mol. The molecule has 1 heterocycles. The van der Waals surface area contributed by atoms with E-state index < -0.39 is 0 Å². The van der Waals surface area contributed by atoms with Crippen LogP contribution in [0.5, 0.6) is 11.5 Å². The number of ether oxygens (including phenoxy) is 1. The number of aromatic nitrogens is 1. The summed E-state index contributed by atoms with van der Waals surface area (Å²) in [6, 6.07) is 10.9. The first kappa shape index (κ1) is 11.5. The molecular formula is C14H15NO2. The average Bonchev–Trinajstić information content (AvgIpc) is 2.37. The van der Waals surface area contributed by atoms with Crippen molar-refractivity contribution in [1.29, 1.82) is 0 Å². The molecule has 1 N–H and O–H groups in total. The van der Waals surface area contributed by atoms with E-state index >= 15 is 0 Å². The van der Waals surface area contributed by atoms with Gasteiger partial charge in [0.05, 0.1) is 6.61 Å². The lowest BCUT2D eigenvalue weighted by atomic mass is 10.1. The van der Waals surface area contributed by atoms with E-state index in [1.165, 1.54) is 0 Å². The summed E-state index contributed by atoms with van der Waals surface area (Å²) in [6.07, 6.45) is 2.61. The van der Waals surface area contributed by atoms with Crippen molar-refractivity contribution in [3.63, 3.8) is 0 Å². The topological polar surface area (TPSA) is 42.4 Å². The van der Waals surface area contributed by atoms with Crippen molar-refractivity contribution in [2.45, 2.75) is 13.3 Å². The maximum absolute atomic E-state index is 9.80. The van der Waals surface area contributed by atoms with Crippen molar-refractivity contribution in [3.05, 3.63) is 42.6 Å². The van der Waals surface area contributed by atoms with Gasteiger partial charge in [0.2, 0.25) is 0 Å². The highest BCUT2D eigenvalue weighted by Crippen LogP contribution is 2.33. The van der Waals surface area contributed by atoms with Crippen molar-refractivity contribution in [2.75, 3.05) is 6.61 Å². The van der Waals surface area contributed by atoms with Crippen molar-refractivity contribution >= 4 is 0 Å². The van der Waals surface area contributed by atoms with Gasteiger partial charge in [-0.05, 0) is 30.7 Å². The molecule has 3 nitrogen and oxygen atoms in total. The quantitative estimate of drug-likeness (QED) is 0.875. The number of nitrogens with zero attached hydrogens (tertiary/aromatic N) is 1. The summed E-state index contributed by atoms with van der Waals surface area (Å²) in [5, 5.41) is 9.80. The zero-order valence-corrected chi connectivity index (χ0v) is 9.76. The Bertz CT molecular complexity index is 497. The monoisotopic (exact) mass is 229 g/mol. The SMILES string of the molecule is CCCOc1ccccc1-c1ncccc1O. The largest absolute Gasteiger partial charge is 0.506 e. The van der Waals surface area contributed by atoms with E-state index in [4.69, 9.17) is 4.74 Å². The molecule has 0 bridgehead atoms. The van der Waals surface area contributed by atoms with Gasteiger partial charge < -0.3 is 9.84 Å². The fourth-order valence-corrected chi connectivity index (χ4v) is 1.60. The highest BCUT2D eigenvalue weighted by molar-refractivity contribution is 5.71. The van der Waals surface area contributed by atoms with Crippen LogP contribution >= 0.6 is 0 Å². The van der Waals surface area contributed by atoms with Crippen LogP contribution in [0.1, 0.15) is 13.3 Å². The molecule has 2 rings (SSSR count). The van der Waals surface area contributed by atoms with Gasteiger partial charge in [-0.1, -0.05) is 19.1 Å². The average molecular weight is 229 g/mol. The standard InChI is InChI=1S/C14H15NO2/c1-2-10-17-13-8-4-3-6-11(13)14-12(16)7-5-9-15-14/h3-9,16H,2,10H2,1H3. The van der Waals surface area contributed by atoms with Crippen LogP contribution in [0.4, 0.5) is 0 Å². The molecule has 3 heteroatoms. The maximum Gasteiger partial charge on any atom is 0.141 e. The Balaban J connectivity index is 2.41. The summed E-state index contributed by atoms with van der Waals surface area (Å²) in [6.45, 7) is 2.71. The highest BCUT2D eigenvalue weighted by atomic mass is 16.5. The van der Waals surface area contributed by atoms with Crippen molar-refractivity contribution in [1.82, 2.24) is 4.98 Å². The third-order valence-corrected chi connectivity index (χ3v) is 2.39. The molecule has 1 aromatic heterocycles. The van der Waals surface area contributed by atoms with Gasteiger partial charge in [0.1, 0.15) is 17.2 Å². The van der Waals surface area contributed by atoms with Gasteiger partial charge in [0.15, 0.2) is 0 Å². The Labute approximate surface area is 101 Å². The van der Waals surface area contributed by atoms with Crippen LogP contribution in [0.3, 0.4) is 0 Å². The predicted molar refractivity (Wildman–Crippen MR) is 67.1 cm³/mol. The first-order chi connectivity index (χ1) is 8.33. The molecule has 0 atom stereocenters. The number of rotatable bonds is 4. The summed E-state index contributed by atoms with van der Waals surface area (Å²) >= 11 is 0. The summed E-state index contributed by atoms with van der Waals surface area (Å²) in [5.74, 6) is 0.920. The summed E-state index contributed by atoms with van der Waals surface area (Å²) in [4.78, 5) is 4.19. The van der Waals surface area contributed by atoms with Gasteiger partial charge in [-0.2, -0.15) is 0 Å². The molecule has 0 fully saturated rings. The van der Waals surface area contributed by atoms with E-state index in [0.29, 0.717) is 12.3 Å². The number of pyridine rings is 1. The normalized spacial score (nSPS) is 10.2. The van der Waals surface area contributed by atoms with Crippen LogP contribution < -0.4 is 4.74 Å². The van der Waals surface area contributed by atoms with E-state index in [1.807, 2.05) is 24.3 Å². The molecule has 0 saturated heterocycles. The second kappa shape index (κ2) is 5.34. The highest BCUT2D eigenvalue weighted by Gasteiger charge is 2.10. The lowest BCUT2D eigenvalue weighted by Crippen LogP contribution is -1.97. The second-order valence-corrected chi connectivity index (χ2v) is 3.72. The summed E-state index contributed by atoms with van der Waals surface area (Å²) in [7, 11) is 0. The minimum atomic E-state index is 0.167. The van der Waals surface area contributed by atoms with Gasteiger partial charge in [0.25, 0.3) is 0 Å². The van der Waals surface area contributed by atoms with E-state index in [-0.39, 0.29) is 5.75 Å². The smallest absolute Gasteiger partial charge is 0.141 e. The Kier molecular flexibility index (Phi) is 3.60. The zero-order valence-electron chi connectivity index (χ0n) is 9.76. The molecule has 0 unspecified atom stereocenters. The molecule has 1 aromatic carbocycles. The minimum Gasteiger partial charge on any atom is -0.506 e. The van der Waals surface area contributed by atoms with Crippen molar-refractivity contribution < 1.29 is 9.84 Å². The van der Waals surface area contributed by atoms with Crippen LogP contribution in [0.25, 0.3) is 11.3 Å². The minimum absolute atomic E-state index is 0.167. The molecule has 0 spiro atoms. The van der Waals surface area contributed by atoms with E-state index in [9.17, 15) is 5.11 Å². The molecule has 0 aliphatic heterocycles. The van der Waals surface area contributed by atoms with Crippen LogP contribution in [0.15, 0.2) is 42.6 Å². The summed E-state index contributed by atoms with van der Waals surface area (Å²) in [5.41, 5.74) is 1.37. The second-order valence-electron chi connectivity index (χ2n) is 3.72. The Hall–Kier alpha value is -2.03. The van der Waals surface area contributed by atoms with Gasteiger partial charge in [-0.15, -0.1) is 0 Å². The van der Waals surface area contributed by atoms with Crippen molar-refractivity contribution in [2.24, 2.45) is 0 Å². The van der Waals surface area contributed by atoms with Crippen LogP contribution in [-0.2, 0) is 0 Å². The summed E-state index contributed by atoms with van der Waals surface area (Å²) < 4.78 is 5.64. The van der Waals surface area contributed by atoms with Crippen LogP contribution in [-0.4, -0.2) is 16.7 Å². The van der Waals surface area contributed by atoms with Gasteiger partial charge in [-0.3, -0.25) is 4.98 Å². The fraction of sp³-hybridized carbons (Fsp3) is 0.214. The number of benzene rings is 1. The Morgan fingerprint density at radius 2 is 2.00 bits per heavy atom. The number of hydrogen-bond donors (Lipinski definition) is 1. The predicted octanol–water partition coefficient (Wildman–Crippen LogP) is 3.24. The fourth-order valence-electron chi connectivity index (χ4n) is 1.60. The van der Waals surface area contributed by atoms with Gasteiger partial charge in [0, 0.05) is 11.8 Å². The van der Waals surface area contributed by atoms with Crippen molar-refractivity contribution in [3.8, 4) is 22.8 Å². The third-order valence-electron chi connectivity index (χ3n) is 2.39. The molecule has 88 valence electrons. The molecule has 2 aromatic rings. The lowest BCUT2D eigenvalue weighted by Gasteiger charge is -2.10. The molecule has 17 heavy (non-hydrogen) atoms. The maximum atomic E-state index is 9.80. The first-order valence-corrected chi connectivity index (χ1v) is 5.69. The number of para-hydroxylation sites is 1. The van der Waals surface area contributed by atoms with Gasteiger partial charge >= 0.3 is 0 Å². The van der Waals surface area contributed by atoms with E-state index in [2.05, 4.69) is 11.9 Å². The molecule has 0 aliphatic carbocycles. The number of hydrogen-bond acceptors (Lipinski definition) is 3. The third kappa shape index (κ3) is 2.56. The van der Waals surface area contributed by atoms with Crippen LogP contribution in [0, 0.1) is 0 Å². The molecule has 0 saturated carbocycles. The first-order valence-electron chi connectivity index (χ1n) is 5.69.